The van der Waals surface area contributed by atoms with Gasteiger partial charge < -0.3 is 9.84 Å². The first-order valence-corrected chi connectivity index (χ1v) is 9.51. The first-order chi connectivity index (χ1) is 10.7. The third kappa shape index (κ3) is 5.35. The van der Waals surface area contributed by atoms with Gasteiger partial charge in [-0.3, -0.25) is 4.79 Å². The number of Topliss-reactive ketones (excluding diaryl/α,β-unsaturated/α-hetero) is 1. The lowest BCUT2D eigenvalue weighted by molar-refractivity contribution is -0.120. The normalized spacial score (nSPS) is 19.8. The van der Waals surface area contributed by atoms with E-state index in [4.69, 9.17) is 4.52 Å². The Labute approximate surface area is 144 Å². The number of nitrogens with zero attached hydrogens (tertiary/aromatic N) is 1. The maximum absolute atomic E-state index is 12.6. The molecule has 1 atom stereocenters. The minimum absolute atomic E-state index is 0.0768. The van der Waals surface area contributed by atoms with Crippen LogP contribution in [0.25, 0.3) is 0 Å². The summed E-state index contributed by atoms with van der Waals surface area (Å²) in [6, 6.07) is 1.92. The molecule has 1 aliphatic heterocycles. The molecule has 2 heterocycles. The zero-order chi connectivity index (χ0) is 17.1. The molecular formula is C18H30N2O2S. The summed E-state index contributed by atoms with van der Waals surface area (Å²) in [4.78, 5) is 12.6. The molecule has 1 N–H and O–H groups in total. The van der Waals surface area contributed by atoms with E-state index in [9.17, 15) is 4.79 Å². The van der Waals surface area contributed by atoms with Crippen LogP contribution < -0.4 is 5.32 Å². The summed E-state index contributed by atoms with van der Waals surface area (Å²) < 4.78 is 5.00. The van der Waals surface area contributed by atoms with Gasteiger partial charge in [0, 0.05) is 11.5 Å². The molecule has 1 aliphatic rings. The summed E-state index contributed by atoms with van der Waals surface area (Å²) in [6.07, 6.45) is 2.86. The zero-order valence-corrected chi connectivity index (χ0v) is 15.9. The first-order valence-electron chi connectivity index (χ1n) is 8.52. The fourth-order valence-electron chi connectivity index (χ4n) is 2.60. The van der Waals surface area contributed by atoms with Crippen LogP contribution in [0, 0.1) is 5.92 Å². The van der Waals surface area contributed by atoms with Crippen LogP contribution >= 0.6 is 11.8 Å². The SMILES string of the molecule is CC(C)(SCC1CCCNC1)C(=O)Cc1cc(C(C)(C)C)on1. The average molecular weight is 339 g/mol. The standard InChI is InChI=1S/C18H30N2O2S/c1-17(2,3)16-10-14(20-22-16)9-15(21)18(4,5)23-12-13-7-6-8-19-11-13/h10,13,19H,6-9,11-12H2,1-5H3. The monoisotopic (exact) mass is 338 g/mol. The van der Waals surface area contributed by atoms with Gasteiger partial charge >= 0.3 is 0 Å². The van der Waals surface area contributed by atoms with Crippen molar-refractivity contribution in [2.45, 2.75) is 64.0 Å². The zero-order valence-electron chi connectivity index (χ0n) is 15.1. The molecule has 130 valence electrons. The maximum atomic E-state index is 12.6. The minimum atomic E-state index is -0.377. The lowest BCUT2D eigenvalue weighted by atomic mass is 9.92. The molecule has 5 heteroatoms. The Bertz CT molecular complexity index is 525. The number of piperidine rings is 1. The summed E-state index contributed by atoms with van der Waals surface area (Å²) in [6.45, 7) is 12.5. The molecule has 0 aliphatic carbocycles. The van der Waals surface area contributed by atoms with Gasteiger partial charge in [-0.25, -0.2) is 0 Å². The van der Waals surface area contributed by atoms with E-state index in [1.165, 1.54) is 12.8 Å². The molecule has 0 saturated carbocycles. The van der Waals surface area contributed by atoms with Crippen LogP contribution in [-0.4, -0.2) is 34.5 Å². The Hall–Kier alpha value is -0.810. The van der Waals surface area contributed by atoms with Crippen molar-refractivity contribution in [3.63, 3.8) is 0 Å². The molecule has 0 amide bonds. The Morgan fingerprint density at radius 1 is 1.39 bits per heavy atom. The molecule has 1 saturated heterocycles. The Morgan fingerprint density at radius 3 is 2.70 bits per heavy atom. The van der Waals surface area contributed by atoms with Gasteiger partial charge in [-0.2, -0.15) is 0 Å². The predicted molar refractivity (Wildman–Crippen MR) is 96.0 cm³/mol. The van der Waals surface area contributed by atoms with Crippen LogP contribution in [0.15, 0.2) is 10.6 Å². The average Bonchev–Trinajstić information content (AvgIpc) is 2.95. The Kier molecular flexibility index (Phi) is 5.95. The Morgan fingerprint density at radius 2 is 2.13 bits per heavy atom. The molecule has 1 unspecified atom stereocenters. The molecule has 23 heavy (non-hydrogen) atoms. The van der Waals surface area contributed by atoms with Crippen LogP contribution in [0.1, 0.15) is 58.9 Å². The van der Waals surface area contributed by atoms with E-state index in [0.29, 0.717) is 12.3 Å². The van der Waals surface area contributed by atoms with E-state index in [-0.39, 0.29) is 15.9 Å². The number of carbonyl (C=O) groups excluding carboxylic acids is 1. The summed E-state index contributed by atoms with van der Waals surface area (Å²) in [5.74, 6) is 2.78. The van der Waals surface area contributed by atoms with Crippen LogP contribution in [0.4, 0.5) is 0 Å². The second-order valence-corrected chi connectivity index (χ2v) is 9.71. The quantitative estimate of drug-likeness (QED) is 0.859. The predicted octanol–water partition coefficient (Wildman–Crippen LogP) is 3.60. The number of ketones is 1. The largest absolute Gasteiger partial charge is 0.361 e. The van der Waals surface area contributed by atoms with Gasteiger partial charge in [-0.1, -0.05) is 25.9 Å². The van der Waals surface area contributed by atoms with Crippen molar-refractivity contribution in [1.29, 1.82) is 0 Å². The molecule has 1 aromatic heterocycles. The summed E-state index contributed by atoms with van der Waals surface area (Å²) >= 11 is 1.78. The smallest absolute Gasteiger partial charge is 0.154 e. The van der Waals surface area contributed by atoms with Gasteiger partial charge in [0.05, 0.1) is 16.9 Å². The molecule has 1 aromatic rings. The molecule has 0 radical (unpaired) electrons. The molecule has 4 nitrogen and oxygen atoms in total. The third-order valence-corrected chi connectivity index (χ3v) is 5.98. The van der Waals surface area contributed by atoms with Crippen molar-refractivity contribution >= 4 is 17.5 Å². The lowest BCUT2D eigenvalue weighted by Gasteiger charge is -2.27. The number of nitrogens with one attached hydrogen (secondary N) is 1. The van der Waals surface area contributed by atoms with E-state index >= 15 is 0 Å². The number of thioether (sulfide) groups is 1. The van der Waals surface area contributed by atoms with E-state index < -0.39 is 0 Å². The highest BCUT2D eigenvalue weighted by molar-refractivity contribution is 8.01. The van der Waals surface area contributed by atoms with Gasteiger partial charge in [0.15, 0.2) is 5.78 Å². The second kappa shape index (κ2) is 7.39. The van der Waals surface area contributed by atoms with Gasteiger partial charge in [0.2, 0.25) is 0 Å². The number of aromatic nitrogens is 1. The summed E-state index contributed by atoms with van der Waals surface area (Å²) in [5.41, 5.74) is 0.667. The second-order valence-electron chi connectivity index (χ2n) is 8.07. The van der Waals surface area contributed by atoms with Crippen molar-refractivity contribution in [3.05, 3.63) is 17.5 Å². The summed E-state index contributed by atoms with van der Waals surface area (Å²) in [7, 11) is 0. The van der Waals surface area contributed by atoms with E-state index in [1.54, 1.807) is 11.8 Å². The van der Waals surface area contributed by atoms with Crippen molar-refractivity contribution in [2.24, 2.45) is 5.92 Å². The number of carbonyl (C=O) groups is 1. The van der Waals surface area contributed by atoms with Crippen LogP contribution in [0.2, 0.25) is 0 Å². The fourth-order valence-corrected chi connectivity index (χ4v) is 3.77. The van der Waals surface area contributed by atoms with Crippen molar-refractivity contribution in [1.82, 2.24) is 10.5 Å². The van der Waals surface area contributed by atoms with Crippen molar-refractivity contribution in [2.75, 3.05) is 18.8 Å². The first kappa shape index (κ1) is 18.5. The molecule has 2 rings (SSSR count). The highest BCUT2D eigenvalue weighted by Crippen LogP contribution is 2.31. The molecule has 0 spiro atoms. The highest BCUT2D eigenvalue weighted by Gasteiger charge is 2.30. The van der Waals surface area contributed by atoms with Gasteiger partial charge in [0.25, 0.3) is 0 Å². The number of rotatable bonds is 6. The Balaban J connectivity index is 1.88. The summed E-state index contributed by atoms with van der Waals surface area (Å²) in [5, 5.41) is 7.51. The molecule has 0 aromatic carbocycles. The van der Waals surface area contributed by atoms with Crippen LogP contribution in [-0.2, 0) is 16.6 Å². The highest BCUT2D eigenvalue weighted by atomic mass is 32.2. The minimum Gasteiger partial charge on any atom is -0.361 e. The van der Waals surface area contributed by atoms with Gasteiger partial charge in [0.1, 0.15) is 5.76 Å². The van der Waals surface area contributed by atoms with Gasteiger partial charge in [-0.05, 0) is 51.4 Å². The van der Waals surface area contributed by atoms with Crippen molar-refractivity contribution in [3.8, 4) is 0 Å². The number of hydrogen-bond acceptors (Lipinski definition) is 5. The molecular weight excluding hydrogens is 308 g/mol. The van der Waals surface area contributed by atoms with E-state index in [2.05, 4.69) is 31.2 Å². The van der Waals surface area contributed by atoms with Gasteiger partial charge in [-0.15, -0.1) is 11.8 Å². The number of hydrogen-bond donors (Lipinski definition) is 1. The fraction of sp³-hybridized carbons (Fsp3) is 0.778. The topological polar surface area (TPSA) is 55.1 Å². The van der Waals surface area contributed by atoms with E-state index in [1.807, 2.05) is 19.9 Å². The lowest BCUT2D eigenvalue weighted by Crippen LogP contribution is -2.34. The van der Waals surface area contributed by atoms with E-state index in [0.717, 1.165) is 30.3 Å². The van der Waals surface area contributed by atoms with Crippen LogP contribution in [0.5, 0.6) is 0 Å². The third-order valence-electron chi connectivity index (χ3n) is 4.39. The van der Waals surface area contributed by atoms with Crippen molar-refractivity contribution < 1.29 is 9.32 Å². The maximum Gasteiger partial charge on any atom is 0.154 e. The molecule has 0 bridgehead atoms. The van der Waals surface area contributed by atoms with Crippen LogP contribution in [0.3, 0.4) is 0 Å². The molecule has 1 fully saturated rings.